The minimum atomic E-state index is -0.477. The Morgan fingerprint density at radius 3 is 2.72 bits per heavy atom. The largest absolute Gasteiger partial charge is 0.293 e. The van der Waals surface area contributed by atoms with Gasteiger partial charge in [-0.2, -0.15) is 0 Å². The van der Waals surface area contributed by atoms with Crippen LogP contribution in [-0.4, -0.2) is 21.5 Å². The first-order valence-electron chi connectivity index (χ1n) is 8.18. The molecule has 3 aromatic rings. The lowest BCUT2D eigenvalue weighted by atomic mass is 10.1. The SMILES string of the molecule is CCCc1nc(SCC(=O)c2ccccc2F)c2c(C)c(C)sc2n1. The number of ketones is 1. The van der Waals surface area contributed by atoms with Crippen LogP contribution in [0.25, 0.3) is 10.2 Å². The summed E-state index contributed by atoms with van der Waals surface area (Å²) in [6.07, 6.45) is 1.77. The molecule has 0 amide bonds. The van der Waals surface area contributed by atoms with Crippen LogP contribution < -0.4 is 0 Å². The number of benzene rings is 1. The summed E-state index contributed by atoms with van der Waals surface area (Å²) in [6, 6.07) is 6.10. The second-order valence-electron chi connectivity index (χ2n) is 5.85. The predicted octanol–water partition coefficient (Wildman–Crippen LogP) is 5.37. The van der Waals surface area contributed by atoms with Crippen LogP contribution in [0.4, 0.5) is 4.39 Å². The van der Waals surface area contributed by atoms with E-state index >= 15 is 0 Å². The van der Waals surface area contributed by atoms with Crippen LogP contribution in [0.2, 0.25) is 0 Å². The predicted molar refractivity (Wildman–Crippen MR) is 102 cm³/mol. The van der Waals surface area contributed by atoms with Crippen molar-refractivity contribution in [1.29, 1.82) is 0 Å². The lowest BCUT2D eigenvalue weighted by Gasteiger charge is -2.07. The number of fused-ring (bicyclic) bond motifs is 1. The van der Waals surface area contributed by atoms with E-state index in [0.717, 1.165) is 39.5 Å². The molecular weight excluding hydrogens is 355 g/mol. The van der Waals surface area contributed by atoms with Crippen molar-refractivity contribution < 1.29 is 9.18 Å². The van der Waals surface area contributed by atoms with Crippen molar-refractivity contribution in [1.82, 2.24) is 9.97 Å². The van der Waals surface area contributed by atoms with Crippen molar-refractivity contribution in [2.45, 2.75) is 38.6 Å². The number of carbonyl (C=O) groups excluding carboxylic acids is 1. The molecule has 0 aliphatic rings. The van der Waals surface area contributed by atoms with E-state index in [4.69, 9.17) is 0 Å². The van der Waals surface area contributed by atoms with Gasteiger partial charge in [0.15, 0.2) is 5.78 Å². The van der Waals surface area contributed by atoms with E-state index in [1.807, 2.05) is 0 Å². The van der Waals surface area contributed by atoms with Crippen molar-refractivity contribution in [3.63, 3.8) is 0 Å². The van der Waals surface area contributed by atoms with Crippen molar-refractivity contribution in [2.75, 3.05) is 5.75 Å². The van der Waals surface area contributed by atoms with E-state index in [0.29, 0.717) is 0 Å². The van der Waals surface area contributed by atoms with Gasteiger partial charge in [0.1, 0.15) is 21.5 Å². The quantitative estimate of drug-likeness (QED) is 0.330. The summed E-state index contributed by atoms with van der Waals surface area (Å²) in [5.41, 5.74) is 1.29. The molecule has 3 rings (SSSR count). The van der Waals surface area contributed by atoms with Crippen LogP contribution in [0, 0.1) is 19.7 Å². The molecule has 0 unspecified atom stereocenters. The summed E-state index contributed by atoms with van der Waals surface area (Å²) < 4.78 is 13.8. The molecule has 0 bridgehead atoms. The zero-order valence-electron chi connectivity index (χ0n) is 14.4. The highest BCUT2D eigenvalue weighted by Gasteiger charge is 2.17. The summed E-state index contributed by atoms with van der Waals surface area (Å²) in [5.74, 6) is 0.260. The van der Waals surface area contributed by atoms with Gasteiger partial charge in [-0.05, 0) is 38.0 Å². The first kappa shape index (κ1) is 18.0. The Bertz CT molecular complexity index is 937. The van der Waals surface area contributed by atoms with E-state index in [2.05, 4.69) is 30.7 Å². The van der Waals surface area contributed by atoms with E-state index in [9.17, 15) is 9.18 Å². The summed E-state index contributed by atoms with van der Waals surface area (Å²) in [7, 11) is 0. The third-order valence-electron chi connectivity index (χ3n) is 4.03. The number of aryl methyl sites for hydroxylation is 3. The molecule has 0 aliphatic carbocycles. The first-order valence-corrected chi connectivity index (χ1v) is 9.98. The van der Waals surface area contributed by atoms with Gasteiger partial charge in [-0.15, -0.1) is 11.3 Å². The molecule has 0 fully saturated rings. The average molecular weight is 375 g/mol. The fourth-order valence-corrected chi connectivity index (χ4v) is 4.69. The topological polar surface area (TPSA) is 42.9 Å². The fourth-order valence-electron chi connectivity index (χ4n) is 2.59. The van der Waals surface area contributed by atoms with Crippen LogP contribution in [0.1, 0.15) is 40.0 Å². The number of halogens is 1. The van der Waals surface area contributed by atoms with E-state index in [1.54, 1.807) is 23.5 Å². The normalized spacial score (nSPS) is 11.2. The van der Waals surface area contributed by atoms with Gasteiger partial charge in [0.2, 0.25) is 0 Å². The molecule has 6 heteroatoms. The van der Waals surface area contributed by atoms with Crippen molar-refractivity contribution in [3.8, 4) is 0 Å². The minimum absolute atomic E-state index is 0.132. The zero-order valence-corrected chi connectivity index (χ0v) is 16.1. The number of aromatic nitrogens is 2. The number of thiophene rings is 1. The Morgan fingerprint density at radius 1 is 1.24 bits per heavy atom. The number of hydrogen-bond donors (Lipinski definition) is 0. The lowest BCUT2D eigenvalue weighted by Crippen LogP contribution is -2.06. The molecule has 25 heavy (non-hydrogen) atoms. The van der Waals surface area contributed by atoms with Crippen molar-refractivity contribution in [3.05, 3.63) is 51.9 Å². The highest BCUT2D eigenvalue weighted by Crippen LogP contribution is 2.35. The summed E-state index contributed by atoms with van der Waals surface area (Å²) in [5, 5.41) is 1.84. The van der Waals surface area contributed by atoms with Crippen LogP contribution in [0.5, 0.6) is 0 Å². The third kappa shape index (κ3) is 3.75. The maximum absolute atomic E-state index is 13.8. The van der Waals surface area contributed by atoms with Crippen LogP contribution in [0.15, 0.2) is 29.3 Å². The minimum Gasteiger partial charge on any atom is -0.293 e. The van der Waals surface area contributed by atoms with Gasteiger partial charge in [-0.25, -0.2) is 14.4 Å². The van der Waals surface area contributed by atoms with Crippen molar-refractivity contribution >= 4 is 39.1 Å². The molecule has 2 aromatic heterocycles. The number of Topliss-reactive ketones (excluding diaryl/α,β-unsaturated/α-hetero) is 1. The van der Waals surface area contributed by atoms with Gasteiger partial charge < -0.3 is 0 Å². The van der Waals surface area contributed by atoms with Gasteiger partial charge in [-0.3, -0.25) is 4.79 Å². The number of thioether (sulfide) groups is 1. The molecular formula is C19H19FN2OS2. The molecule has 130 valence electrons. The maximum atomic E-state index is 13.8. The van der Waals surface area contributed by atoms with E-state index in [-0.39, 0.29) is 17.1 Å². The Balaban J connectivity index is 1.92. The first-order chi connectivity index (χ1) is 12.0. The van der Waals surface area contributed by atoms with Gasteiger partial charge in [0, 0.05) is 16.7 Å². The number of hydrogen-bond acceptors (Lipinski definition) is 5. The van der Waals surface area contributed by atoms with Crippen LogP contribution in [-0.2, 0) is 6.42 Å². The molecule has 3 nitrogen and oxygen atoms in total. The molecule has 0 N–H and O–H groups in total. The van der Waals surface area contributed by atoms with Crippen LogP contribution in [0.3, 0.4) is 0 Å². The Morgan fingerprint density at radius 2 is 2.00 bits per heavy atom. The molecule has 0 radical (unpaired) electrons. The number of rotatable bonds is 6. The second-order valence-corrected chi connectivity index (χ2v) is 8.02. The third-order valence-corrected chi connectivity index (χ3v) is 6.11. The fraction of sp³-hybridized carbons (Fsp3) is 0.316. The highest BCUT2D eigenvalue weighted by atomic mass is 32.2. The van der Waals surface area contributed by atoms with Gasteiger partial charge in [0.25, 0.3) is 0 Å². The summed E-state index contributed by atoms with van der Waals surface area (Å²) >= 11 is 3.03. The lowest BCUT2D eigenvalue weighted by molar-refractivity contribution is 0.101. The zero-order chi connectivity index (χ0) is 18.0. The average Bonchev–Trinajstić information content (AvgIpc) is 2.87. The van der Waals surface area contributed by atoms with Gasteiger partial charge >= 0.3 is 0 Å². The van der Waals surface area contributed by atoms with Crippen molar-refractivity contribution in [2.24, 2.45) is 0 Å². The summed E-state index contributed by atoms with van der Waals surface area (Å²) in [4.78, 5) is 23.9. The van der Waals surface area contributed by atoms with Gasteiger partial charge in [-0.1, -0.05) is 30.8 Å². The van der Waals surface area contributed by atoms with E-state index < -0.39 is 5.82 Å². The molecule has 0 spiro atoms. The monoisotopic (exact) mass is 374 g/mol. The summed E-state index contributed by atoms with van der Waals surface area (Å²) in [6.45, 7) is 6.22. The van der Waals surface area contributed by atoms with E-state index in [1.165, 1.54) is 28.8 Å². The molecule has 0 aliphatic heterocycles. The standard InChI is InChI=1S/C19H19FN2OS2/c1-4-7-16-21-18(17-11(2)12(3)25-19(17)22-16)24-10-15(23)13-8-5-6-9-14(13)20/h5-6,8-9H,4,7,10H2,1-3H3. The molecule has 1 aromatic carbocycles. The Kier molecular flexibility index (Phi) is 5.49. The molecule has 2 heterocycles. The molecule has 0 saturated heterocycles. The second kappa shape index (κ2) is 7.62. The number of nitrogens with zero attached hydrogens (tertiary/aromatic N) is 2. The highest BCUT2D eigenvalue weighted by molar-refractivity contribution is 8.00. The smallest absolute Gasteiger partial charge is 0.176 e. The Labute approximate surface area is 154 Å². The van der Waals surface area contributed by atoms with Crippen LogP contribution >= 0.6 is 23.1 Å². The molecule has 0 atom stereocenters. The number of carbonyl (C=O) groups is 1. The maximum Gasteiger partial charge on any atom is 0.176 e. The Hall–Kier alpha value is -1.79. The molecule has 0 saturated carbocycles. The van der Waals surface area contributed by atoms with Gasteiger partial charge in [0.05, 0.1) is 11.3 Å².